The van der Waals surface area contributed by atoms with E-state index >= 15 is 0 Å². The number of fused-ring (bicyclic) bond motifs is 1. The number of carbonyl (C=O) groups excluding carboxylic acids is 1. The van der Waals surface area contributed by atoms with Crippen molar-refractivity contribution in [2.24, 2.45) is 0 Å². The quantitative estimate of drug-likeness (QED) is 0.895. The fourth-order valence-corrected chi connectivity index (χ4v) is 2.97. The van der Waals surface area contributed by atoms with Crippen molar-refractivity contribution in [2.75, 3.05) is 6.61 Å². The summed E-state index contributed by atoms with van der Waals surface area (Å²) in [5, 5.41) is 7.47. The first-order valence-corrected chi connectivity index (χ1v) is 8.50. The Labute approximate surface area is 145 Å². The lowest BCUT2D eigenvalue weighted by molar-refractivity contribution is -0.122. The molecule has 0 spiro atoms. The Kier molecular flexibility index (Phi) is 5.35. The van der Waals surface area contributed by atoms with Crippen molar-refractivity contribution in [3.8, 4) is 5.75 Å². The van der Waals surface area contributed by atoms with Gasteiger partial charge in [0.05, 0.1) is 12.6 Å². The molecule has 0 fully saturated rings. The fourth-order valence-electron chi connectivity index (χ4n) is 2.80. The smallest absolute Gasteiger partial charge is 0.226 e. The van der Waals surface area contributed by atoms with E-state index in [1.807, 2.05) is 12.1 Å². The molecular weight excluding hydrogens is 330 g/mol. The molecule has 128 valence electrons. The van der Waals surface area contributed by atoms with Crippen LogP contribution in [-0.4, -0.2) is 22.7 Å². The van der Waals surface area contributed by atoms with Crippen LogP contribution in [0.3, 0.4) is 0 Å². The maximum absolute atomic E-state index is 12.3. The van der Waals surface area contributed by atoms with E-state index in [2.05, 4.69) is 15.5 Å². The Morgan fingerprint density at radius 3 is 3.12 bits per heavy atom. The maximum Gasteiger partial charge on any atom is 0.226 e. The van der Waals surface area contributed by atoms with Gasteiger partial charge in [0, 0.05) is 23.4 Å². The number of hydrogen-bond donors (Lipinski definition) is 1. The van der Waals surface area contributed by atoms with Gasteiger partial charge in [-0.05, 0) is 38.3 Å². The molecule has 6 nitrogen and oxygen atoms in total. The topological polar surface area (TPSA) is 77.2 Å². The third-order valence-corrected chi connectivity index (χ3v) is 4.18. The molecule has 0 radical (unpaired) electrons. The summed E-state index contributed by atoms with van der Waals surface area (Å²) in [6.45, 7) is 2.41. The van der Waals surface area contributed by atoms with Crippen molar-refractivity contribution in [2.45, 2.75) is 45.1 Å². The first kappa shape index (κ1) is 16.8. The molecule has 0 saturated heterocycles. The van der Waals surface area contributed by atoms with Crippen LogP contribution in [0.4, 0.5) is 0 Å². The summed E-state index contributed by atoms with van der Waals surface area (Å²) in [5.41, 5.74) is 0.984. The number of aromatic nitrogens is 2. The van der Waals surface area contributed by atoms with Crippen molar-refractivity contribution in [1.29, 1.82) is 0 Å². The Hall–Kier alpha value is -2.08. The molecule has 2 aromatic rings. The van der Waals surface area contributed by atoms with E-state index in [0.717, 1.165) is 24.2 Å². The minimum Gasteiger partial charge on any atom is -0.493 e. The molecule has 1 atom stereocenters. The molecular formula is C17H20ClN3O3. The Morgan fingerprint density at radius 2 is 2.33 bits per heavy atom. The number of nitrogens with zero attached hydrogens (tertiary/aromatic N) is 2. The van der Waals surface area contributed by atoms with E-state index in [-0.39, 0.29) is 11.9 Å². The summed E-state index contributed by atoms with van der Waals surface area (Å²) < 4.78 is 10.8. The van der Waals surface area contributed by atoms with Gasteiger partial charge in [0.2, 0.25) is 11.8 Å². The Balaban J connectivity index is 1.56. The minimum atomic E-state index is -0.0436. The normalized spacial score (nSPS) is 16.8. The number of hydrogen-bond acceptors (Lipinski definition) is 5. The first-order valence-electron chi connectivity index (χ1n) is 8.12. The predicted molar refractivity (Wildman–Crippen MR) is 89.0 cm³/mol. The molecule has 1 amide bonds. The van der Waals surface area contributed by atoms with Crippen LogP contribution in [0.1, 0.15) is 49.0 Å². The van der Waals surface area contributed by atoms with Crippen molar-refractivity contribution in [3.63, 3.8) is 0 Å². The van der Waals surface area contributed by atoms with E-state index in [4.69, 9.17) is 20.9 Å². The van der Waals surface area contributed by atoms with Gasteiger partial charge in [-0.15, -0.1) is 0 Å². The second kappa shape index (κ2) is 7.66. The molecule has 0 aliphatic carbocycles. The number of rotatable bonds is 5. The number of halogens is 1. The molecule has 1 aromatic carbocycles. The van der Waals surface area contributed by atoms with Gasteiger partial charge in [-0.25, -0.2) is 0 Å². The average molecular weight is 350 g/mol. The van der Waals surface area contributed by atoms with Crippen LogP contribution in [0.5, 0.6) is 5.75 Å². The molecule has 1 aliphatic rings. The van der Waals surface area contributed by atoms with Gasteiger partial charge < -0.3 is 14.6 Å². The summed E-state index contributed by atoms with van der Waals surface area (Å²) in [7, 11) is 0. The monoisotopic (exact) mass is 349 g/mol. The second-order valence-electron chi connectivity index (χ2n) is 5.88. The van der Waals surface area contributed by atoms with E-state index in [1.165, 1.54) is 0 Å². The number of aryl methyl sites for hydroxylation is 2. The molecule has 1 aromatic heterocycles. The lowest BCUT2D eigenvalue weighted by Gasteiger charge is -2.18. The van der Waals surface area contributed by atoms with Gasteiger partial charge >= 0.3 is 0 Å². The molecule has 1 aliphatic heterocycles. The van der Waals surface area contributed by atoms with E-state index < -0.39 is 0 Å². The number of ether oxygens (including phenoxy) is 1. The van der Waals surface area contributed by atoms with Gasteiger partial charge in [-0.2, -0.15) is 4.98 Å². The van der Waals surface area contributed by atoms with Crippen molar-refractivity contribution < 1.29 is 14.1 Å². The van der Waals surface area contributed by atoms with Gasteiger partial charge in [-0.3, -0.25) is 4.79 Å². The molecule has 7 heteroatoms. The average Bonchev–Trinajstić information content (AvgIpc) is 2.86. The molecule has 24 heavy (non-hydrogen) atoms. The number of amides is 1. The van der Waals surface area contributed by atoms with E-state index in [1.54, 1.807) is 13.0 Å². The third-order valence-electron chi connectivity index (χ3n) is 3.95. The van der Waals surface area contributed by atoms with Crippen LogP contribution in [0.15, 0.2) is 22.7 Å². The third kappa shape index (κ3) is 4.26. The SMILES string of the molecule is Cc1noc(CCCC(=O)NC2CCCOc3cc(Cl)ccc32)n1. The van der Waals surface area contributed by atoms with Crippen LogP contribution < -0.4 is 10.1 Å². The van der Waals surface area contributed by atoms with Crippen LogP contribution in [0.25, 0.3) is 0 Å². The summed E-state index contributed by atoms with van der Waals surface area (Å²) in [5.74, 6) is 1.96. The van der Waals surface area contributed by atoms with Crippen molar-refractivity contribution in [3.05, 3.63) is 40.5 Å². The first-order chi connectivity index (χ1) is 11.6. The molecule has 1 N–H and O–H groups in total. The minimum absolute atomic E-state index is 0.0130. The lowest BCUT2D eigenvalue weighted by atomic mass is 10.0. The van der Waals surface area contributed by atoms with Crippen molar-refractivity contribution in [1.82, 2.24) is 15.5 Å². The lowest BCUT2D eigenvalue weighted by Crippen LogP contribution is -2.28. The molecule has 0 bridgehead atoms. The number of nitrogens with one attached hydrogen (secondary N) is 1. The summed E-state index contributed by atoms with van der Waals surface area (Å²) in [4.78, 5) is 16.4. The standard InChI is InChI=1S/C17H20ClN3O3/c1-11-19-17(24-21-11)6-2-5-16(22)20-14-4-3-9-23-15-10-12(18)7-8-13(14)15/h7-8,10,14H,2-6,9H2,1H3,(H,20,22). The molecule has 3 rings (SSSR count). The van der Waals surface area contributed by atoms with Crippen LogP contribution >= 0.6 is 11.6 Å². The zero-order valence-electron chi connectivity index (χ0n) is 13.5. The number of carbonyl (C=O) groups is 1. The summed E-state index contributed by atoms with van der Waals surface area (Å²) >= 11 is 6.02. The molecule has 0 saturated carbocycles. The highest BCUT2D eigenvalue weighted by Gasteiger charge is 2.21. The van der Waals surface area contributed by atoms with Gasteiger partial charge in [0.15, 0.2) is 5.82 Å². The summed E-state index contributed by atoms with van der Waals surface area (Å²) in [6.07, 6.45) is 3.43. The highest BCUT2D eigenvalue weighted by atomic mass is 35.5. The van der Waals surface area contributed by atoms with E-state index in [0.29, 0.717) is 42.6 Å². The summed E-state index contributed by atoms with van der Waals surface area (Å²) in [6, 6.07) is 5.51. The van der Waals surface area contributed by atoms with Gasteiger partial charge in [-0.1, -0.05) is 22.8 Å². The van der Waals surface area contributed by atoms with Crippen LogP contribution in [-0.2, 0) is 11.2 Å². The van der Waals surface area contributed by atoms with Gasteiger partial charge in [0.1, 0.15) is 5.75 Å². The fraction of sp³-hybridized carbons (Fsp3) is 0.471. The molecule has 1 unspecified atom stereocenters. The number of benzene rings is 1. The van der Waals surface area contributed by atoms with Crippen molar-refractivity contribution >= 4 is 17.5 Å². The van der Waals surface area contributed by atoms with Crippen LogP contribution in [0, 0.1) is 6.92 Å². The second-order valence-corrected chi connectivity index (χ2v) is 6.32. The Bertz CT molecular complexity index is 717. The highest BCUT2D eigenvalue weighted by Crippen LogP contribution is 2.33. The maximum atomic E-state index is 12.3. The van der Waals surface area contributed by atoms with E-state index in [9.17, 15) is 4.79 Å². The largest absolute Gasteiger partial charge is 0.493 e. The zero-order chi connectivity index (χ0) is 16.9. The highest BCUT2D eigenvalue weighted by molar-refractivity contribution is 6.30. The predicted octanol–water partition coefficient (Wildman–Crippen LogP) is 3.38. The van der Waals surface area contributed by atoms with Gasteiger partial charge in [0.25, 0.3) is 0 Å². The zero-order valence-corrected chi connectivity index (χ0v) is 14.3. The Morgan fingerprint density at radius 1 is 1.46 bits per heavy atom. The van der Waals surface area contributed by atoms with Crippen LogP contribution in [0.2, 0.25) is 5.02 Å². The molecule has 2 heterocycles.